The fraction of sp³-hybridized carbons (Fsp3) is 0.429. The van der Waals surface area contributed by atoms with E-state index in [1.807, 2.05) is 13.8 Å². The number of methoxy groups -OCH3 is 2. The maximum atomic E-state index is 11.7. The molecule has 1 aromatic carbocycles. The first-order valence-electron chi connectivity index (χ1n) is 6.42. The first-order chi connectivity index (χ1) is 10.5. The van der Waals surface area contributed by atoms with E-state index < -0.39 is 12.1 Å². The Morgan fingerprint density at radius 3 is 2.32 bits per heavy atom. The van der Waals surface area contributed by atoms with Gasteiger partial charge in [-0.15, -0.1) is 0 Å². The lowest BCUT2D eigenvalue weighted by molar-refractivity contribution is -0.452. The molecule has 0 unspecified atom stereocenters. The lowest BCUT2D eigenvalue weighted by Gasteiger charge is -2.08. The van der Waals surface area contributed by atoms with Gasteiger partial charge in [-0.25, -0.2) is 14.5 Å². The van der Waals surface area contributed by atoms with E-state index in [0.717, 1.165) is 0 Å². The summed E-state index contributed by atoms with van der Waals surface area (Å²) in [7, 11) is 2.90. The van der Waals surface area contributed by atoms with Gasteiger partial charge in [0.1, 0.15) is 0 Å². The van der Waals surface area contributed by atoms with Crippen LogP contribution in [0.1, 0.15) is 24.2 Å². The number of carbonyl (C=O) groups excluding carboxylic acids is 2. The Balaban J connectivity index is 2.47. The van der Waals surface area contributed by atoms with Crippen molar-refractivity contribution in [3.05, 3.63) is 23.8 Å². The molecular weight excluding hydrogens is 296 g/mol. The van der Waals surface area contributed by atoms with E-state index >= 15 is 0 Å². The highest BCUT2D eigenvalue weighted by atomic mass is 17.5. The second kappa shape index (κ2) is 8.73. The SMILES string of the molecule is COc1ccc(C(=O)OOOC(=O)OCC(C)C)cc1OC. The van der Waals surface area contributed by atoms with E-state index in [-0.39, 0.29) is 18.1 Å². The van der Waals surface area contributed by atoms with Crippen molar-refractivity contribution in [3.8, 4) is 11.5 Å². The van der Waals surface area contributed by atoms with Crippen LogP contribution in [0, 0.1) is 5.92 Å². The van der Waals surface area contributed by atoms with Crippen molar-refractivity contribution < 1.29 is 38.6 Å². The fourth-order valence-corrected chi connectivity index (χ4v) is 1.35. The molecule has 0 N–H and O–H groups in total. The Hall–Kier alpha value is -2.48. The summed E-state index contributed by atoms with van der Waals surface area (Å²) in [5.74, 6) is 0.0576. The first-order valence-corrected chi connectivity index (χ1v) is 6.42. The highest BCUT2D eigenvalue weighted by molar-refractivity contribution is 5.89. The summed E-state index contributed by atoms with van der Waals surface area (Å²) >= 11 is 0. The van der Waals surface area contributed by atoms with Crippen LogP contribution >= 0.6 is 0 Å². The van der Waals surface area contributed by atoms with Crippen molar-refractivity contribution in [2.75, 3.05) is 20.8 Å². The van der Waals surface area contributed by atoms with Gasteiger partial charge in [0, 0.05) is 0 Å². The quantitative estimate of drug-likeness (QED) is 0.431. The Kier molecular flexibility index (Phi) is 6.97. The molecule has 0 saturated carbocycles. The van der Waals surface area contributed by atoms with Crippen LogP contribution in [-0.2, 0) is 19.6 Å². The molecule has 0 saturated heterocycles. The molecule has 22 heavy (non-hydrogen) atoms. The first kappa shape index (κ1) is 17.6. The number of hydrogen-bond acceptors (Lipinski definition) is 8. The van der Waals surface area contributed by atoms with Crippen LogP contribution in [0.2, 0.25) is 0 Å². The van der Waals surface area contributed by atoms with Crippen LogP contribution in [0.5, 0.6) is 11.5 Å². The van der Waals surface area contributed by atoms with Crippen molar-refractivity contribution in [2.45, 2.75) is 13.8 Å². The van der Waals surface area contributed by atoms with Gasteiger partial charge in [-0.3, -0.25) is 4.89 Å². The molecule has 1 aromatic rings. The van der Waals surface area contributed by atoms with Crippen molar-refractivity contribution in [1.29, 1.82) is 0 Å². The average molecular weight is 314 g/mol. The summed E-state index contributed by atoms with van der Waals surface area (Å²) in [5.41, 5.74) is 0.122. The van der Waals surface area contributed by atoms with Crippen LogP contribution in [0.25, 0.3) is 0 Å². The number of benzene rings is 1. The molecule has 0 heterocycles. The second-order valence-electron chi connectivity index (χ2n) is 4.55. The summed E-state index contributed by atoms with van der Waals surface area (Å²) in [4.78, 5) is 31.2. The summed E-state index contributed by atoms with van der Waals surface area (Å²) in [5, 5.41) is 4.08. The lowest BCUT2D eigenvalue weighted by Crippen LogP contribution is -2.14. The fourth-order valence-electron chi connectivity index (χ4n) is 1.35. The molecular formula is C14H18O8. The van der Waals surface area contributed by atoms with Crippen LogP contribution in [0.4, 0.5) is 4.79 Å². The van der Waals surface area contributed by atoms with Gasteiger partial charge in [0.2, 0.25) is 0 Å². The monoisotopic (exact) mass is 314 g/mol. The molecule has 122 valence electrons. The number of carbonyl (C=O) groups is 2. The normalized spacial score (nSPS) is 10.0. The van der Waals surface area contributed by atoms with Gasteiger partial charge in [0.25, 0.3) is 0 Å². The Bertz CT molecular complexity index is 512. The van der Waals surface area contributed by atoms with Crippen LogP contribution in [0.3, 0.4) is 0 Å². The summed E-state index contributed by atoms with van der Waals surface area (Å²) in [6, 6.07) is 4.35. The van der Waals surface area contributed by atoms with Crippen LogP contribution in [-0.4, -0.2) is 33.0 Å². The molecule has 0 bridgehead atoms. The van der Waals surface area contributed by atoms with Crippen molar-refractivity contribution in [2.24, 2.45) is 5.92 Å². The van der Waals surface area contributed by atoms with Crippen molar-refractivity contribution in [1.82, 2.24) is 0 Å². The second-order valence-corrected chi connectivity index (χ2v) is 4.55. The van der Waals surface area contributed by atoms with E-state index in [4.69, 9.17) is 9.47 Å². The van der Waals surface area contributed by atoms with E-state index in [0.29, 0.717) is 11.5 Å². The Morgan fingerprint density at radius 2 is 1.73 bits per heavy atom. The smallest absolute Gasteiger partial charge is 0.493 e. The topological polar surface area (TPSA) is 89.5 Å². The van der Waals surface area contributed by atoms with Gasteiger partial charge in [-0.05, 0) is 24.1 Å². The molecule has 0 spiro atoms. The molecule has 1 rings (SSSR count). The highest BCUT2D eigenvalue weighted by Crippen LogP contribution is 2.27. The predicted octanol–water partition coefficient (Wildman–Crippen LogP) is 2.52. The van der Waals surface area contributed by atoms with Crippen molar-refractivity contribution >= 4 is 12.1 Å². The van der Waals surface area contributed by atoms with Gasteiger partial charge in [0.15, 0.2) is 11.5 Å². The molecule has 0 aliphatic carbocycles. The maximum absolute atomic E-state index is 11.7. The largest absolute Gasteiger partial charge is 0.543 e. The number of rotatable bonds is 7. The third-order valence-electron chi connectivity index (χ3n) is 2.37. The van der Waals surface area contributed by atoms with E-state index in [2.05, 4.69) is 19.6 Å². The minimum Gasteiger partial charge on any atom is -0.493 e. The number of ether oxygens (including phenoxy) is 3. The third-order valence-corrected chi connectivity index (χ3v) is 2.37. The molecule has 0 aliphatic rings. The van der Waals surface area contributed by atoms with E-state index in [1.165, 1.54) is 32.4 Å². The van der Waals surface area contributed by atoms with E-state index in [1.54, 1.807) is 0 Å². The zero-order valence-corrected chi connectivity index (χ0v) is 12.8. The van der Waals surface area contributed by atoms with Crippen LogP contribution in [0.15, 0.2) is 18.2 Å². The molecule has 8 heteroatoms. The van der Waals surface area contributed by atoms with Gasteiger partial charge >= 0.3 is 12.1 Å². The molecule has 0 radical (unpaired) electrons. The lowest BCUT2D eigenvalue weighted by atomic mass is 10.2. The van der Waals surface area contributed by atoms with E-state index in [9.17, 15) is 9.59 Å². The summed E-state index contributed by atoms with van der Waals surface area (Å²) in [6.45, 7) is 3.86. The maximum Gasteiger partial charge on any atom is 0.543 e. The number of hydrogen-bond donors (Lipinski definition) is 0. The third kappa shape index (κ3) is 5.49. The molecule has 8 nitrogen and oxygen atoms in total. The molecule has 0 atom stereocenters. The zero-order chi connectivity index (χ0) is 16.5. The van der Waals surface area contributed by atoms with Gasteiger partial charge in [-0.2, -0.15) is 0 Å². The predicted molar refractivity (Wildman–Crippen MR) is 73.3 cm³/mol. The summed E-state index contributed by atoms with van der Waals surface area (Å²) in [6.07, 6.45) is -1.10. The Labute approximate surface area is 127 Å². The van der Waals surface area contributed by atoms with Gasteiger partial charge in [-0.1, -0.05) is 13.8 Å². The standard InChI is InChI=1S/C14H18O8/c1-9(2)8-19-14(16)21-22-20-13(15)10-5-6-11(17-3)12(7-10)18-4/h5-7,9H,8H2,1-4H3. The van der Waals surface area contributed by atoms with Gasteiger partial charge in [0.05, 0.1) is 31.4 Å². The molecule has 0 aliphatic heterocycles. The van der Waals surface area contributed by atoms with Gasteiger partial charge < -0.3 is 14.2 Å². The average Bonchev–Trinajstić information content (AvgIpc) is 2.51. The zero-order valence-electron chi connectivity index (χ0n) is 12.8. The minimum absolute atomic E-state index is 0.122. The molecule has 0 fully saturated rings. The molecule has 0 amide bonds. The Morgan fingerprint density at radius 1 is 1.05 bits per heavy atom. The molecule has 0 aromatic heterocycles. The highest BCUT2D eigenvalue weighted by Gasteiger charge is 2.15. The summed E-state index contributed by atoms with van der Waals surface area (Å²) < 4.78 is 14.7. The van der Waals surface area contributed by atoms with Crippen molar-refractivity contribution in [3.63, 3.8) is 0 Å². The minimum atomic E-state index is -1.10. The van der Waals surface area contributed by atoms with Crippen LogP contribution < -0.4 is 9.47 Å².